The number of rotatable bonds is 4. The standard InChI is InChI=1S/C18H22N2O/c1-18(2,15-7-5-4-6-8-15)17(21)20(3)16-11-9-14(13-19)10-12-16/h4-12H,13,19H2,1-3H3. The summed E-state index contributed by atoms with van der Waals surface area (Å²) in [4.78, 5) is 14.5. The maximum atomic E-state index is 12.8. The van der Waals surface area contributed by atoms with E-state index in [1.807, 2.05) is 75.5 Å². The van der Waals surface area contributed by atoms with Gasteiger partial charge >= 0.3 is 0 Å². The molecule has 0 aromatic heterocycles. The summed E-state index contributed by atoms with van der Waals surface area (Å²) < 4.78 is 0. The Hall–Kier alpha value is -2.13. The Kier molecular flexibility index (Phi) is 4.43. The Bertz CT molecular complexity index is 603. The number of benzene rings is 2. The van der Waals surface area contributed by atoms with E-state index in [2.05, 4.69) is 0 Å². The number of carbonyl (C=O) groups is 1. The third-order valence-corrected chi connectivity index (χ3v) is 3.89. The quantitative estimate of drug-likeness (QED) is 0.936. The van der Waals surface area contributed by atoms with Crippen LogP contribution in [0.25, 0.3) is 0 Å². The number of amides is 1. The highest BCUT2D eigenvalue weighted by Gasteiger charge is 2.32. The van der Waals surface area contributed by atoms with Gasteiger partial charge in [-0.1, -0.05) is 42.5 Å². The number of hydrogen-bond acceptors (Lipinski definition) is 2. The molecule has 0 saturated heterocycles. The van der Waals surface area contributed by atoms with Crippen LogP contribution in [0.2, 0.25) is 0 Å². The van der Waals surface area contributed by atoms with E-state index in [4.69, 9.17) is 5.73 Å². The van der Waals surface area contributed by atoms with Gasteiger partial charge < -0.3 is 10.6 Å². The fourth-order valence-electron chi connectivity index (χ4n) is 2.37. The number of carbonyl (C=O) groups excluding carboxylic acids is 1. The van der Waals surface area contributed by atoms with Crippen molar-refractivity contribution in [2.24, 2.45) is 5.73 Å². The normalized spacial score (nSPS) is 11.2. The van der Waals surface area contributed by atoms with E-state index in [-0.39, 0.29) is 5.91 Å². The van der Waals surface area contributed by atoms with Crippen molar-refractivity contribution in [2.45, 2.75) is 25.8 Å². The van der Waals surface area contributed by atoms with Crippen LogP contribution in [0.15, 0.2) is 54.6 Å². The Balaban J connectivity index is 2.25. The monoisotopic (exact) mass is 282 g/mol. The van der Waals surface area contributed by atoms with Gasteiger partial charge in [0.25, 0.3) is 0 Å². The lowest BCUT2D eigenvalue weighted by atomic mass is 9.83. The Labute approximate surface area is 126 Å². The van der Waals surface area contributed by atoms with Crippen LogP contribution < -0.4 is 10.6 Å². The summed E-state index contributed by atoms with van der Waals surface area (Å²) in [5.41, 5.74) is 7.98. The summed E-state index contributed by atoms with van der Waals surface area (Å²) in [6.45, 7) is 4.41. The topological polar surface area (TPSA) is 46.3 Å². The molecule has 2 N–H and O–H groups in total. The predicted molar refractivity (Wildman–Crippen MR) is 87.2 cm³/mol. The Morgan fingerprint density at radius 1 is 1.05 bits per heavy atom. The molecule has 1 amide bonds. The lowest BCUT2D eigenvalue weighted by molar-refractivity contribution is -0.122. The average Bonchev–Trinajstić information content (AvgIpc) is 2.54. The third-order valence-electron chi connectivity index (χ3n) is 3.89. The summed E-state index contributed by atoms with van der Waals surface area (Å²) in [6.07, 6.45) is 0. The van der Waals surface area contributed by atoms with Crippen molar-refractivity contribution in [3.05, 3.63) is 65.7 Å². The first-order chi connectivity index (χ1) is 9.96. The molecule has 0 spiro atoms. The van der Waals surface area contributed by atoms with Crippen LogP contribution in [-0.4, -0.2) is 13.0 Å². The van der Waals surface area contributed by atoms with Crippen LogP contribution in [0.4, 0.5) is 5.69 Å². The van der Waals surface area contributed by atoms with Gasteiger partial charge in [0.05, 0.1) is 5.41 Å². The van der Waals surface area contributed by atoms with Gasteiger partial charge in [-0.05, 0) is 37.1 Å². The van der Waals surface area contributed by atoms with E-state index in [0.29, 0.717) is 6.54 Å². The van der Waals surface area contributed by atoms with E-state index in [9.17, 15) is 4.79 Å². The van der Waals surface area contributed by atoms with Gasteiger partial charge in [0.15, 0.2) is 0 Å². The molecule has 0 heterocycles. The van der Waals surface area contributed by atoms with Crippen molar-refractivity contribution in [1.29, 1.82) is 0 Å². The molecule has 0 aliphatic rings. The molecule has 3 heteroatoms. The van der Waals surface area contributed by atoms with Crippen molar-refractivity contribution >= 4 is 11.6 Å². The molecule has 0 atom stereocenters. The van der Waals surface area contributed by atoms with E-state index in [1.165, 1.54) is 0 Å². The van der Waals surface area contributed by atoms with E-state index in [1.54, 1.807) is 4.90 Å². The fraction of sp³-hybridized carbons (Fsp3) is 0.278. The lowest BCUT2D eigenvalue weighted by Crippen LogP contribution is -2.41. The highest BCUT2D eigenvalue weighted by atomic mass is 16.2. The first kappa shape index (κ1) is 15.3. The molecule has 0 unspecified atom stereocenters. The summed E-state index contributed by atoms with van der Waals surface area (Å²) >= 11 is 0. The highest BCUT2D eigenvalue weighted by Crippen LogP contribution is 2.27. The van der Waals surface area contributed by atoms with Crippen LogP contribution in [0.5, 0.6) is 0 Å². The molecule has 110 valence electrons. The molecular formula is C18H22N2O. The molecule has 3 nitrogen and oxygen atoms in total. The third kappa shape index (κ3) is 3.14. The number of likely N-dealkylation sites (N-methyl/N-ethyl adjacent to an activating group) is 1. The minimum absolute atomic E-state index is 0.0641. The maximum Gasteiger partial charge on any atom is 0.236 e. The summed E-state index contributed by atoms with van der Waals surface area (Å²) in [6, 6.07) is 17.6. The smallest absolute Gasteiger partial charge is 0.236 e. The van der Waals surface area contributed by atoms with Gasteiger partial charge in [0.1, 0.15) is 0 Å². The van der Waals surface area contributed by atoms with Crippen molar-refractivity contribution in [3.8, 4) is 0 Å². The van der Waals surface area contributed by atoms with Gasteiger partial charge in [-0.15, -0.1) is 0 Å². The summed E-state index contributed by atoms with van der Waals surface area (Å²) in [5.74, 6) is 0.0641. The molecule has 0 aliphatic heterocycles. The van der Waals surface area contributed by atoms with Gasteiger partial charge in [-0.2, -0.15) is 0 Å². The molecule has 2 rings (SSSR count). The predicted octanol–water partition coefficient (Wildman–Crippen LogP) is 3.09. The summed E-state index contributed by atoms with van der Waals surface area (Å²) in [7, 11) is 1.81. The molecule has 0 fully saturated rings. The maximum absolute atomic E-state index is 12.8. The number of nitrogens with two attached hydrogens (primary N) is 1. The number of anilines is 1. The number of hydrogen-bond donors (Lipinski definition) is 1. The molecular weight excluding hydrogens is 260 g/mol. The molecule has 0 saturated carbocycles. The van der Waals surface area contributed by atoms with Crippen LogP contribution in [0, 0.1) is 0 Å². The SMILES string of the molecule is CN(C(=O)C(C)(C)c1ccccc1)c1ccc(CN)cc1. The second-order valence-corrected chi connectivity index (χ2v) is 5.73. The minimum atomic E-state index is -0.567. The van der Waals surface area contributed by atoms with E-state index >= 15 is 0 Å². The van der Waals surface area contributed by atoms with Gasteiger partial charge in [0.2, 0.25) is 5.91 Å². The molecule has 0 radical (unpaired) electrons. The van der Waals surface area contributed by atoms with Crippen LogP contribution >= 0.6 is 0 Å². The first-order valence-electron chi connectivity index (χ1n) is 7.09. The number of nitrogens with zero attached hydrogens (tertiary/aromatic N) is 1. The average molecular weight is 282 g/mol. The second-order valence-electron chi connectivity index (χ2n) is 5.73. The zero-order valence-electron chi connectivity index (χ0n) is 12.8. The summed E-state index contributed by atoms with van der Waals surface area (Å²) in [5, 5.41) is 0. The van der Waals surface area contributed by atoms with E-state index in [0.717, 1.165) is 16.8 Å². The second kappa shape index (κ2) is 6.10. The Morgan fingerprint density at radius 2 is 1.62 bits per heavy atom. The zero-order chi connectivity index (χ0) is 15.5. The molecule has 21 heavy (non-hydrogen) atoms. The van der Waals surface area contributed by atoms with Crippen molar-refractivity contribution in [2.75, 3.05) is 11.9 Å². The fourth-order valence-corrected chi connectivity index (χ4v) is 2.37. The highest BCUT2D eigenvalue weighted by molar-refractivity contribution is 6.00. The molecule has 2 aromatic rings. The largest absolute Gasteiger partial charge is 0.326 e. The molecule has 2 aromatic carbocycles. The molecule has 0 aliphatic carbocycles. The van der Waals surface area contributed by atoms with Crippen molar-refractivity contribution < 1.29 is 4.79 Å². The van der Waals surface area contributed by atoms with Crippen LogP contribution in [0.3, 0.4) is 0 Å². The van der Waals surface area contributed by atoms with Gasteiger partial charge in [-0.3, -0.25) is 4.79 Å². The minimum Gasteiger partial charge on any atom is -0.326 e. The zero-order valence-corrected chi connectivity index (χ0v) is 12.8. The van der Waals surface area contributed by atoms with Crippen LogP contribution in [0.1, 0.15) is 25.0 Å². The lowest BCUT2D eigenvalue weighted by Gasteiger charge is -2.30. The van der Waals surface area contributed by atoms with Gasteiger partial charge in [-0.25, -0.2) is 0 Å². The van der Waals surface area contributed by atoms with Gasteiger partial charge in [0, 0.05) is 19.3 Å². The van der Waals surface area contributed by atoms with Crippen molar-refractivity contribution in [1.82, 2.24) is 0 Å². The van der Waals surface area contributed by atoms with E-state index < -0.39 is 5.41 Å². The first-order valence-corrected chi connectivity index (χ1v) is 7.09. The van der Waals surface area contributed by atoms with Crippen molar-refractivity contribution in [3.63, 3.8) is 0 Å². The van der Waals surface area contributed by atoms with Crippen LogP contribution in [-0.2, 0) is 16.8 Å². The Morgan fingerprint density at radius 3 is 2.14 bits per heavy atom. The molecule has 0 bridgehead atoms.